The van der Waals surface area contributed by atoms with Gasteiger partial charge < -0.3 is 10.2 Å². The third kappa shape index (κ3) is 4.88. The Balaban J connectivity index is 1.55. The Morgan fingerprint density at radius 1 is 1.11 bits per heavy atom. The Labute approximate surface area is 165 Å². The summed E-state index contributed by atoms with van der Waals surface area (Å²) < 4.78 is 14.4. The van der Waals surface area contributed by atoms with Gasteiger partial charge in [-0.2, -0.15) is 5.10 Å². The van der Waals surface area contributed by atoms with Crippen molar-refractivity contribution in [3.05, 3.63) is 58.4 Å². The van der Waals surface area contributed by atoms with Gasteiger partial charge in [-0.05, 0) is 74.6 Å². The van der Waals surface area contributed by atoms with Gasteiger partial charge in [0, 0.05) is 24.3 Å². The molecule has 5 nitrogen and oxygen atoms in total. The molecule has 0 spiro atoms. The van der Waals surface area contributed by atoms with Gasteiger partial charge in [-0.15, -0.1) is 0 Å². The maximum absolute atomic E-state index is 14.4. The molecule has 28 heavy (non-hydrogen) atoms. The number of hydrogen-bond acceptors (Lipinski definition) is 4. The number of amides is 1. The molecule has 1 heterocycles. The summed E-state index contributed by atoms with van der Waals surface area (Å²) in [6, 6.07) is 9.28. The molecular weight excluding hydrogens is 355 g/mol. The summed E-state index contributed by atoms with van der Waals surface area (Å²) in [5.74, 6) is -0.516. The minimum atomic E-state index is -0.263. The Kier molecular flexibility index (Phi) is 6.29. The van der Waals surface area contributed by atoms with E-state index in [-0.39, 0.29) is 18.3 Å². The summed E-state index contributed by atoms with van der Waals surface area (Å²) in [7, 11) is 0. The number of hydrazone groups is 1. The van der Waals surface area contributed by atoms with Gasteiger partial charge in [0.25, 0.3) is 5.91 Å². The molecule has 1 aliphatic rings. The first-order valence-electron chi connectivity index (χ1n) is 9.62. The Hall–Kier alpha value is -2.89. The third-order valence-corrected chi connectivity index (χ3v) is 5.14. The average molecular weight is 382 g/mol. The lowest BCUT2D eigenvalue weighted by Gasteiger charge is -2.19. The SMILES string of the molecule is Cc1ccc(NCC(=O)N/N=C\c2cc(F)c(N3CCCC3)cc2C)cc1C. The molecule has 3 rings (SSSR count). The number of nitrogens with one attached hydrogen (secondary N) is 2. The number of benzene rings is 2. The number of rotatable bonds is 6. The Morgan fingerprint density at radius 2 is 1.86 bits per heavy atom. The Bertz CT molecular complexity index is 888. The van der Waals surface area contributed by atoms with E-state index in [1.54, 1.807) is 0 Å². The van der Waals surface area contributed by atoms with Gasteiger partial charge >= 0.3 is 0 Å². The lowest BCUT2D eigenvalue weighted by molar-refractivity contribution is -0.119. The number of halogens is 1. The molecule has 6 heteroatoms. The summed E-state index contributed by atoms with van der Waals surface area (Å²) in [4.78, 5) is 14.0. The van der Waals surface area contributed by atoms with E-state index in [0.717, 1.165) is 37.2 Å². The number of carbonyl (C=O) groups is 1. The molecule has 0 radical (unpaired) electrons. The van der Waals surface area contributed by atoms with E-state index in [0.29, 0.717) is 11.3 Å². The minimum absolute atomic E-state index is 0.112. The smallest absolute Gasteiger partial charge is 0.259 e. The van der Waals surface area contributed by atoms with Gasteiger partial charge in [0.05, 0.1) is 18.4 Å². The van der Waals surface area contributed by atoms with Gasteiger partial charge in [-0.25, -0.2) is 9.82 Å². The molecule has 0 saturated carbocycles. The highest BCUT2D eigenvalue weighted by Gasteiger charge is 2.17. The zero-order valence-corrected chi connectivity index (χ0v) is 16.7. The van der Waals surface area contributed by atoms with Crippen LogP contribution < -0.4 is 15.6 Å². The highest BCUT2D eigenvalue weighted by Crippen LogP contribution is 2.26. The first-order chi connectivity index (χ1) is 13.4. The second-order valence-corrected chi connectivity index (χ2v) is 7.30. The lowest BCUT2D eigenvalue weighted by Crippen LogP contribution is -2.26. The fourth-order valence-corrected chi connectivity index (χ4v) is 3.27. The van der Waals surface area contributed by atoms with Crippen LogP contribution in [-0.2, 0) is 4.79 Å². The summed E-state index contributed by atoms with van der Waals surface area (Å²) in [5, 5.41) is 7.04. The zero-order chi connectivity index (χ0) is 20.1. The van der Waals surface area contributed by atoms with E-state index in [9.17, 15) is 9.18 Å². The van der Waals surface area contributed by atoms with Crippen LogP contribution in [0, 0.1) is 26.6 Å². The van der Waals surface area contributed by atoms with Crippen molar-refractivity contribution in [2.45, 2.75) is 33.6 Å². The van der Waals surface area contributed by atoms with Gasteiger partial charge in [0.1, 0.15) is 5.82 Å². The van der Waals surface area contributed by atoms with Crippen LogP contribution in [0.5, 0.6) is 0 Å². The molecule has 0 aromatic heterocycles. The fraction of sp³-hybridized carbons (Fsp3) is 0.364. The molecule has 1 aliphatic heterocycles. The zero-order valence-electron chi connectivity index (χ0n) is 16.7. The minimum Gasteiger partial charge on any atom is -0.376 e. The number of nitrogens with zero attached hydrogens (tertiary/aromatic N) is 2. The van der Waals surface area contributed by atoms with Crippen molar-refractivity contribution in [1.29, 1.82) is 0 Å². The van der Waals surface area contributed by atoms with Crippen molar-refractivity contribution in [2.24, 2.45) is 5.10 Å². The van der Waals surface area contributed by atoms with Crippen LogP contribution in [-0.4, -0.2) is 31.8 Å². The van der Waals surface area contributed by atoms with E-state index in [1.807, 2.05) is 45.0 Å². The van der Waals surface area contributed by atoms with Crippen molar-refractivity contribution in [3.63, 3.8) is 0 Å². The van der Waals surface area contributed by atoms with E-state index in [1.165, 1.54) is 23.4 Å². The second-order valence-electron chi connectivity index (χ2n) is 7.30. The maximum atomic E-state index is 14.4. The first kappa shape index (κ1) is 19.9. The van der Waals surface area contributed by atoms with Gasteiger partial charge in [-0.3, -0.25) is 4.79 Å². The highest BCUT2D eigenvalue weighted by atomic mass is 19.1. The number of aryl methyl sites for hydroxylation is 3. The largest absolute Gasteiger partial charge is 0.376 e. The topological polar surface area (TPSA) is 56.7 Å². The van der Waals surface area contributed by atoms with Crippen molar-refractivity contribution in [3.8, 4) is 0 Å². The summed E-state index contributed by atoms with van der Waals surface area (Å²) in [6.07, 6.45) is 3.69. The standard InChI is InChI=1S/C22H27FN4O/c1-15-6-7-19(10-16(15)2)24-14-22(28)26-25-13-18-12-20(23)21(11-17(18)3)27-8-4-5-9-27/h6-7,10-13,24H,4-5,8-9,14H2,1-3H3,(H,26,28)/b25-13-. The molecule has 1 fully saturated rings. The van der Waals surface area contributed by atoms with Gasteiger partial charge in [-0.1, -0.05) is 6.07 Å². The van der Waals surface area contributed by atoms with Crippen LogP contribution >= 0.6 is 0 Å². The first-order valence-corrected chi connectivity index (χ1v) is 9.62. The van der Waals surface area contributed by atoms with Crippen LogP contribution in [0.15, 0.2) is 35.4 Å². The molecule has 148 valence electrons. The van der Waals surface area contributed by atoms with Crippen LogP contribution in [0.1, 0.15) is 35.1 Å². The molecule has 0 unspecified atom stereocenters. The molecule has 1 amide bonds. The summed E-state index contributed by atoms with van der Waals surface area (Å²) in [6.45, 7) is 7.90. The van der Waals surface area contributed by atoms with E-state index >= 15 is 0 Å². The van der Waals surface area contributed by atoms with Crippen molar-refractivity contribution >= 4 is 23.5 Å². The average Bonchev–Trinajstić information content (AvgIpc) is 3.19. The van der Waals surface area contributed by atoms with E-state index < -0.39 is 0 Å². The van der Waals surface area contributed by atoms with Crippen LogP contribution in [0.3, 0.4) is 0 Å². The monoisotopic (exact) mass is 382 g/mol. The van der Waals surface area contributed by atoms with Crippen molar-refractivity contribution in [2.75, 3.05) is 29.9 Å². The van der Waals surface area contributed by atoms with Crippen molar-refractivity contribution < 1.29 is 9.18 Å². The van der Waals surface area contributed by atoms with E-state index in [4.69, 9.17) is 0 Å². The molecule has 0 aliphatic carbocycles. The number of anilines is 2. The molecule has 0 atom stereocenters. The fourth-order valence-electron chi connectivity index (χ4n) is 3.27. The molecule has 2 N–H and O–H groups in total. The molecular formula is C22H27FN4O. The van der Waals surface area contributed by atoms with Crippen LogP contribution in [0.25, 0.3) is 0 Å². The number of carbonyl (C=O) groups excluding carboxylic acids is 1. The maximum Gasteiger partial charge on any atom is 0.259 e. The highest BCUT2D eigenvalue weighted by molar-refractivity contribution is 5.86. The normalized spacial score (nSPS) is 13.9. The van der Waals surface area contributed by atoms with E-state index in [2.05, 4.69) is 20.7 Å². The predicted octanol–water partition coefficient (Wildman–Crippen LogP) is 3.91. The predicted molar refractivity (Wildman–Crippen MR) is 113 cm³/mol. The second kappa shape index (κ2) is 8.87. The molecule has 1 saturated heterocycles. The molecule has 0 bridgehead atoms. The summed E-state index contributed by atoms with van der Waals surface area (Å²) >= 11 is 0. The van der Waals surface area contributed by atoms with Crippen LogP contribution in [0.2, 0.25) is 0 Å². The lowest BCUT2D eigenvalue weighted by atomic mass is 10.1. The third-order valence-electron chi connectivity index (χ3n) is 5.14. The van der Waals surface area contributed by atoms with Gasteiger partial charge in [0.2, 0.25) is 0 Å². The molecule has 2 aromatic carbocycles. The Morgan fingerprint density at radius 3 is 2.57 bits per heavy atom. The molecule has 2 aromatic rings. The van der Waals surface area contributed by atoms with Crippen LogP contribution in [0.4, 0.5) is 15.8 Å². The quantitative estimate of drug-likeness (QED) is 0.588. The number of hydrogen-bond donors (Lipinski definition) is 2. The van der Waals surface area contributed by atoms with Gasteiger partial charge in [0.15, 0.2) is 0 Å². The van der Waals surface area contributed by atoms with Crippen molar-refractivity contribution in [1.82, 2.24) is 5.43 Å². The summed E-state index contributed by atoms with van der Waals surface area (Å²) in [5.41, 5.74) is 7.97.